The fraction of sp³-hybridized carbons (Fsp3) is 0.150. The van der Waals surface area contributed by atoms with Gasteiger partial charge in [0.15, 0.2) is 0 Å². The lowest BCUT2D eigenvalue weighted by molar-refractivity contribution is -0.127. The zero-order valence-corrected chi connectivity index (χ0v) is 17.4. The number of nitrogens with zero attached hydrogens (tertiary/aromatic N) is 1. The number of para-hydroxylation sites is 1. The highest BCUT2D eigenvalue weighted by atomic mass is 79.9. The normalized spacial score (nSPS) is 15.2. The van der Waals surface area contributed by atoms with Gasteiger partial charge in [-0.2, -0.15) is 0 Å². The van der Waals surface area contributed by atoms with Crippen LogP contribution in [0.15, 0.2) is 57.9 Å². The molecule has 6 nitrogen and oxygen atoms in total. The van der Waals surface area contributed by atoms with Crippen molar-refractivity contribution in [3.63, 3.8) is 0 Å². The van der Waals surface area contributed by atoms with Crippen molar-refractivity contribution in [3.8, 4) is 5.75 Å². The zero-order chi connectivity index (χ0) is 20.1. The number of hydrogen-bond donors (Lipinski definition) is 1. The summed E-state index contributed by atoms with van der Waals surface area (Å²) in [5, 5.41) is 2.20. The molecule has 144 valence electrons. The molecular formula is C20H17BrN2O4S. The van der Waals surface area contributed by atoms with Crippen molar-refractivity contribution in [2.24, 2.45) is 0 Å². The maximum Gasteiger partial charge on any atom is 0.294 e. The first-order chi connectivity index (χ1) is 13.5. The topological polar surface area (TPSA) is 75.7 Å². The lowest BCUT2D eigenvalue weighted by Gasteiger charge is -2.12. The van der Waals surface area contributed by atoms with Crippen molar-refractivity contribution < 1.29 is 19.1 Å². The van der Waals surface area contributed by atoms with E-state index in [0.29, 0.717) is 18.0 Å². The minimum atomic E-state index is -0.483. The van der Waals surface area contributed by atoms with Crippen LogP contribution in [0.25, 0.3) is 6.08 Å². The third-order valence-corrected chi connectivity index (χ3v) is 5.31. The van der Waals surface area contributed by atoms with Crippen LogP contribution in [-0.2, 0) is 9.59 Å². The van der Waals surface area contributed by atoms with E-state index in [1.54, 1.807) is 48.5 Å². The molecule has 1 aliphatic heterocycles. The van der Waals surface area contributed by atoms with Gasteiger partial charge in [0, 0.05) is 5.69 Å². The molecule has 1 aliphatic rings. The minimum Gasteiger partial charge on any atom is -0.493 e. The third-order valence-electron chi connectivity index (χ3n) is 3.79. The summed E-state index contributed by atoms with van der Waals surface area (Å²) in [6.07, 6.45) is 1.63. The molecule has 2 aromatic carbocycles. The predicted molar refractivity (Wildman–Crippen MR) is 113 cm³/mol. The molecule has 1 N–H and O–H groups in total. The second-order valence-electron chi connectivity index (χ2n) is 5.80. The summed E-state index contributed by atoms with van der Waals surface area (Å²) in [5.74, 6) is -0.216. The van der Waals surface area contributed by atoms with Crippen LogP contribution in [0.3, 0.4) is 0 Å². The van der Waals surface area contributed by atoms with E-state index in [9.17, 15) is 14.4 Å². The monoisotopic (exact) mass is 460 g/mol. The number of nitrogens with one attached hydrogen (secondary N) is 1. The SMILES string of the molecule is CCOc1ccc(/C=C2\SC(=O)N(CC(=O)Nc3ccccc3)C2=O)cc1Br. The molecule has 0 aliphatic carbocycles. The molecule has 0 radical (unpaired) electrons. The third kappa shape index (κ3) is 4.82. The van der Waals surface area contributed by atoms with Crippen molar-refractivity contribution in [2.75, 3.05) is 18.5 Å². The van der Waals surface area contributed by atoms with E-state index in [1.807, 2.05) is 13.0 Å². The van der Waals surface area contributed by atoms with E-state index in [-0.39, 0.29) is 11.4 Å². The summed E-state index contributed by atoms with van der Waals surface area (Å²) in [7, 11) is 0. The van der Waals surface area contributed by atoms with Gasteiger partial charge in [0.2, 0.25) is 5.91 Å². The molecule has 3 rings (SSSR count). The van der Waals surface area contributed by atoms with Gasteiger partial charge >= 0.3 is 0 Å². The summed E-state index contributed by atoms with van der Waals surface area (Å²) in [5.41, 5.74) is 1.35. The van der Waals surface area contributed by atoms with Gasteiger partial charge < -0.3 is 10.1 Å². The van der Waals surface area contributed by atoms with Crippen molar-refractivity contribution in [2.45, 2.75) is 6.92 Å². The van der Waals surface area contributed by atoms with Gasteiger partial charge in [0.25, 0.3) is 11.1 Å². The number of hydrogen-bond acceptors (Lipinski definition) is 5. The number of anilines is 1. The molecule has 3 amide bonds. The van der Waals surface area contributed by atoms with Crippen LogP contribution >= 0.6 is 27.7 Å². The van der Waals surface area contributed by atoms with E-state index >= 15 is 0 Å². The highest BCUT2D eigenvalue weighted by molar-refractivity contribution is 9.10. The minimum absolute atomic E-state index is 0.272. The number of imide groups is 1. The Labute approximate surface area is 175 Å². The van der Waals surface area contributed by atoms with Gasteiger partial charge in [0.1, 0.15) is 12.3 Å². The van der Waals surface area contributed by atoms with Crippen LogP contribution in [0.5, 0.6) is 5.75 Å². The molecule has 0 unspecified atom stereocenters. The standard InChI is InChI=1S/C20H17BrN2O4S/c1-2-27-16-9-8-13(10-15(16)21)11-17-19(25)23(20(26)28-17)12-18(24)22-14-6-4-3-5-7-14/h3-11H,2,12H2,1H3,(H,22,24)/b17-11-. The molecule has 28 heavy (non-hydrogen) atoms. The Balaban J connectivity index is 1.70. The first kappa shape index (κ1) is 20.2. The van der Waals surface area contributed by atoms with Crippen LogP contribution < -0.4 is 10.1 Å². The quantitative estimate of drug-likeness (QED) is 0.641. The summed E-state index contributed by atoms with van der Waals surface area (Å²) in [6, 6.07) is 14.3. The van der Waals surface area contributed by atoms with Gasteiger partial charge in [-0.25, -0.2) is 0 Å². The molecular weight excluding hydrogens is 444 g/mol. The summed E-state index contributed by atoms with van der Waals surface area (Å²) < 4.78 is 6.22. The smallest absolute Gasteiger partial charge is 0.294 e. The predicted octanol–water partition coefficient (Wildman–Crippen LogP) is 4.52. The number of carbonyl (C=O) groups excluding carboxylic acids is 3. The van der Waals surface area contributed by atoms with Gasteiger partial charge in [-0.15, -0.1) is 0 Å². The highest BCUT2D eigenvalue weighted by Gasteiger charge is 2.36. The van der Waals surface area contributed by atoms with Crippen molar-refractivity contribution in [1.29, 1.82) is 0 Å². The Kier molecular flexibility index (Phi) is 6.53. The lowest BCUT2D eigenvalue weighted by Crippen LogP contribution is -2.36. The zero-order valence-electron chi connectivity index (χ0n) is 15.0. The van der Waals surface area contributed by atoms with E-state index in [0.717, 1.165) is 26.7 Å². The van der Waals surface area contributed by atoms with Gasteiger partial charge in [-0.05, 0) is 70.5 Å². The maximum absolute atomic E-state index is 12.6. The number of halogens is 1. The molecule has 1 saturated heterocycles. The summed E-state index contributed by atoms with van der Waals surface area (Å²) >= 11 is 4.24. The van der Waals surface area contributed by atoms with Gasteiger partial charge in [0.05, 0.1) is 16.0 Å². The van der Waals surface area contributed by atoms with Crippen molar-refractivity contribution in [1.82, 2.24) is 4.90 Å². The van der Waals surface area contributed by atoms with Gasteiger partial charge in [-0.1, -0.05) is 24.3 Å². The fourth-order valence-electron chi connectivity index (χ4n) is 2.53. The molecule has 8 heteroatoms. The molecule has 2 aromatic rings. The Morgan fingerprint density at radius 2 is 1.96 bits per heavy atom. The lowest BCUT2D eigenvalue weighted by atomic mass is 10.2. The summed E-state index contributed by atoms with van der Waals surface area (Å²) in [4.78, 5) is 38.1. The first-order valence-electron chi connectivity index (χ1n) is 8.50. The number of rotatable bonds is 6. The van der Waals surface area contributed by atoms with Crippen LogP contribution in [0.4, 0.5) is 10.5 Å². The number of ether oxygens (including phenoxy) is 1. The molecule has 0 saturated carbocycles. The largest absolute Gasteiger partial charge is 0.493 e. The second-order valence-corrected chi connectivity index (χ2v) is 7.65. The van der Waals surface area contributed by atoms with Gasteiger partial charge in [-0.3, -0.25) is 19.3 Å². The molecule has 1 heterocycles. The average Bonchev–Trinajstić information content (AvgIpc) is 2.92. The van der Waals surface area contributed by atoms with Crippen LogP contribution in [0.2, 0.25) is 0 Å². The van der Waals surface area contributed by atoms with E-state index in [2.05, 4.69) is 21.2 Å². The second kappa shape index (κ2) is 9.07. The van der Waals surface area contributed by atoms with E-state index in [1.165, 1.54) is 0 Å². The average molecular weight is 461 g/mol. The summed E-state index contributed by atoms with van der Waals surface area (Å²) in [6.45, 7) is 2.11. The van der Waals surface area contributed by atoms with Crippen LogP contribution in [-0.4, -0.2) is 35.1 Å². The molecule has 0 spiro atoms. The van der Waals surface area contributed by atoms with Crippen molar-refractivity contribution >= 4 is 56.5 Å². The molecule has 0 aromatic heterocycles. The number of benzene rings is 2. The van der Waals surface area contributed by atoms with Crippen LogP contribution in [0.1, 0.15) is 12.5 Å². The number of thioether (sulfide) groups is 1. The maximum atomic E-state index is 12.6. The van der Waals surface area contributed by atoms with E-state index < -0.39 is 17.1 Å². The first-order valence-corrected chi connectivity index (χ1v) is 10.1. The number of carbonyl (C=O) groups is 3. The Morgan fingerprint density at radius 1 is 1.21 bits per heavy atom. The van der Waals surface area contributed by atoms with Crippen LogP contribution in [0, 0.1) is 0 Å². The van der Waals surface area contributed by atoms with Crippen molar-refractivity contribution in [3.05, 3.63) is 63.5 Å². The molecule has 0 atom stereocenters. The molecule has 0 bridgehead atoms. The fourth-order valence-corrected chi connectivity index (χ4v) is 3.88. The Morgan fingerprint density at radius 3 is 2.64 bits per heavy atom. The number of amides is 3. The highest BCUT2D eigenvalue weighted by Crippen LogP contribution is 2.33. The Hall–Kier alpha value is -2.58. The van der Waals surface area contributed by atoms with E-state index in [4.69, 9.17) is 4.74 Å². The Bertz CT molecular complexity index is 946. The molecule has 1 fully saturated rings.